The van der Waals surface area contributed by atoms with Gasteiger partial charge in [0.1, 0.15) is 0 Å². The number of halogens is 3. The Morgan fingerprint density at radius 3 is 2.27 bits per heavy atom. The van der Waals surface area contributed by atoms with Crippen LogP contribution in [0.3, 0.4) is 0 Å². The average molecular weight is 442 g/mol. The number of rotatable bonds is 3. The molecule has 2 aromatic carbocycles. The first-order valence-electron chi connectivity index (χ1n) is 9.57. The molecule has 0 atom stereocenters. The minimum Gasteiger partial charge on any atom is -0.490 e. The lowest BCUT2D eigenvalue weighted by Gasteiger charge is -2.35. The van der Waals surface area contributed by atoms with Crippen LogP contribution in [-0.4, -0.2) is 52.1 Å². The van der Waals surface area contributed by atoms with Crippen LogP contribution < -0.4 is 14.4 Å². The molecular weight excluding hydrogens is 421 g/mol. The minimum absolute atomic E-state index is 0.110. The van der Waals surface area contributed by atoms with E-state index in [2.05, 4.69) is 0 Å². The molecule has 2 aliphatic heterocycles. The first kappa shape index (κ1) is 20.8. The van der Waals surface area contributed by atoms with Gasteiger partial charge in [-0.2, -0.15) is 17.5 Å². The maximum Gasteiger partial charge on any atom is 0.416 e. The lowest BCUT2D eigenvalue weighted by molar-refractivity contribution is -0.137. The number of fused-ring (bicyclic) bond motifs is 1. The van der Waals surface area contributed by atoms with E-state index in [1.54, 1.807) is 17.0 Å². The highest BCUT2D eigenvalue weighted by Crippen LogP contribution is 2.34. The monoisotopic (exact) mass is 442 g/mol. The van der Waals surface area contributed by atoms with E-state index < -0.39 is 21.8 Å². The summed E-state index contributed by atoms with van der Waals surface area (Å²) in [5.74, 6) is 0.914. The Labute approximate surface area is 172 Å². The Morgan fingerprint density at radius 2 is 1.57 bits per heavy atom. The number of ether oxygens (including phenoxy) is 2. The van der Waals surface area contributed by atoms with Crippen LogP contribution >= 0.6 is 0 Å². The minimum atomic E-state index is -4.42. The zero-order valence-electron chi connectivity index (χ0n) is 16.1. The standard InChI is InChI=1S/C20H21F3N2O4S/c21-20(22,23)15-3-1-4-16(13-15)24-7-9-25(10-8-24)30(26,27)17-5-6-18-19(14-17)29-12-2-11-28-18/h1,3-6,13-14H,2,7-12H2. The van der Waals surface area contributed by atoms with Gasteiger partial charge in [0.05, 0.1) is 23.7 Å². The molecule has 0 saturated carbocycles. The van der Waals surface area contributed by atoms with E-state index in [-0.39, 0.29) is 18.0 Å². The summed E-state index contributed by atoms with van der Waals surface area (Å²) in [6, 6.07) is 9.62. The van der Waals surface area contributed by atoms with Gasteiger partial charge in [-0.1, -0.05) is 6.07 Å². The number of nitrogens with zero attached hydrogens (tertiary/aromatic N) is 2. The first-order valence-corrected chi connectivity index (χ1v) is 11.0. The van der Waals surface area contributed by atoms with Crippen molar-refractivity contribution in [3.05, 3.63) is 48.0 Å². The molecule has 0 aliphatic carbocycles. The molecule has 10 heteroatoms. The fourth-order valence-electron chi connectivity index (χ4n) is 3.52. The van der Waals surface area contributed by atoms with Crippen molar-refractivity contribution >= 4 is 15.7 Å². The van der Waals surface area contributed by atoms with Gasteiger partial charge in [-0.15, -0.1) is 0 Å². The number of benzene rings is 2. The van der Waals surface area contributed by atoms with Crippen LogP contribution in [0.5, 0.6) is 11.5 Å². The van der Waals surface area contributed by atoms with E-state index in [4.69, 9.17) is 9.47 Å². The predicted molar refractivity (Wildman–Crippen MR) is 104 cm³/mol. The van der Waals surface area contributed by atoms with E-state index in [1.165, 1.54) is 22.5 Å². The molecule has 162 valence electrons. The number of anilines is 1. The molecule has 2 heterocycles. The van der Waals surface area contributed by atoms with Gasteiger partial charge in [-0.05, 0) is 30.3 Å². The summed E-state index contributed by atoms with van der Waals surface area (Å²) in [6.07, 6.45) is -3.70. The third kappa shape index (κ3) is 4.20. The quantitative estimate of drug-likeness (QED) is 0.730. The van der Waals surface area contributed by atoms with Crippen molar-refractivity contribution in [1.29, 1.82) is 0 Å². The highest BCUT2D eigenvalue weighted by atomic mass is 32.2. The van der Waals surface area contributed by atoms with Gasteiger partial charge in [0.2, 0.25) is 10.0 Å². The molecule has 0 N–H and O–H groups in total. The molecule has 0 amide bonds. The largest absolute Gasteiger partial charge is 0.490 e. The van der Waals surface area contributed by atoms with Gasteiger partial charge in [0.25, 0.3) is 0 Å². The lowest BCUT2D eigenvalue weighted by atomic mass is 10.1. The Morgan fingerprint density at radius 1 is 0.867 bits per heavy atom. The number of hydrogen-bond acceptors (Lipinski definition) is 5. The summed E-state index contributed by atoms with van der Waals surface area (Å²) in [4.78, 5) is 1.87. The summed E-state index contributed by atoms with van der Waals surface area (Å²) in [6.45, 7) is 1.90. The third-order valence-corrected chi connectivity index (χ3v) is 7.03. The molecule has 2 aliphatic rings. The average Bonchev–Trinajstić information content (AvgIpc) is 2.98. The second kappa shape index (κ2) is 7.99. The van der Waals surface area contributed by atoms with Crippen molar-refractivity contribution in [3.63, 3.8) is 0 Å². The van der Waals surface area contributed by atoms with E-state index in [0.29, 0.717) is 49.9 Å². The van der Waals surface area contributed by atoms with Crippen molar-refractivity contribution in [2.45, 2.75) is 17.5 Å². The van der Waals surface area contributed by atoms with Crippen LogP contribution in [0.25, 0.3) is 0 Å². The van der Waals surface area contributed by atoms with Crippen molar-refractivity contribution in [2.75, 3.05) is 44.3 Å². The molecule has 0 aromatic heterocycles. The molecule has 1 saturated heterocycles. The number of piperazine rings is 1. The van der Waals surface area contributed by atoms with Gasteiger partial charge in [-0.25, -0.2) is 8.42 Å². The topological polar surface area (TPSA) is 59.1 Å². The summed E-state index contributed by atoms with van der Waals surface area (Å²) >= 11 is 0. The molecule has 0 bridgehead atoms. The highest BCUT2D eigenvalue weighted by molar-refractivity contribution is 7.89. The van der Waals surface area contributed by atoms with Gasteiger partial charge >= 0.3 is 6.18 Å². The third-order valence-electron chi connectivity index (χ3n) is 5.13. The molecule has 1 fully saturated rings. The zero-order chi connectivity index (χ0) is 21.4. The van der Waals surface area contributed by atoms with Crippen molar-refractivity contribution in [2.24, 2.45) is 0 Å². The fourth-order valence-corrected chi connectivity index (χ4v) is 4.96. The first-order chi connectivity index (χ1) is 14.2. The lowest BCUT2D eigenvalue weighted by Crippen LogP contribution is -2.48. The molecule has 2 aromatic rings. The smallest absolute Gasteiger partial charge is 0.416 e. The van der Waals surface area contributed by atoms with Gasteiger partial charge in [0.15, 0.2) is 11.5 Å². The van der Waals surface area contributed by atoms with Crippen molar-refractivity contribution < 1.29 is 31.1 Å². The number of hydrogen-bond donors (Lipinski definition) is 0. The number of alkyl halides is 3. The number of sulfonamides is 1. The summed E-state index contributed by atoms with van der Waals surface area (Å²) in [5, 5.41) is 0. The van der Waals surface area contributed by atoms with Crippen LogP contribution in [0.1, 0.15) is 12.0 Å². The molecular formula is C20H21F3N2O4S. The fraction of sp³-hybridized carbons (Fsp3) is 0.400. The van der Waals surface area contributed by atoms with E-state index >= 15 is 0 Å². The highest BCUT2D eigenvalue weighted by Gasteiger charge is 2.32. The van der Waals surface area contributed by atoms with Crippen LogP contribution in [0, 0.1) is 0 Å². The van der Waals surface area contributed by atoms with Gasteiger partial charge in [0, 0.05) is 44.4 Å². The Bertz CT molecular complexity index is 1020. The molecule has 30 heavy (non-hydrogen) atoms. The van der Waals surface area contributed by atoms with Gasteiger partial charge < -0.3 is 14.4 Å². The second-order valence-corrected chi connectivity index (χ2v) is 9.04. The van der Waals surface area contributed by atoms with Crippen LogP contribution in [-0.2, 0) is 16.2 Å². The van der Waals surface area contributed by atoms with E-state index in [9.17, 15) is 21.6 Å². The summed E-state index contributed by atoms with van der Waals surface area (Å²) in [5.41, 5.74) is -0.292. The molecule has 0 unspecified atom stereocenters. The molecule has 4 rings (SSSR count). The van der Waals surface area contributed by atoms with Crippen LogP contribution in [0.4, 0.5) is 18.9 Å². The predicted octanol–water partition coefficient (Wildman–Crippen LogP) is 3.38. The molecule has 0 radical (unpaired) electrons. The van der Waals surface area contributed by atoms with Crippen LogP contribution in [0.2, 0.25) is 0 Å². The van der Waals surface area contributed by atoms with Gasteiger partial charge in [-0.3, -0.25) is 0 Å². The Balaban J connectivity index is 1.48. The Kier molecular flexibility index (Phi) is 5.54. The SMILES string of the molecule is O=S(=O)(c1ccc2c(c1)OCCCO2)N1CCN(c2cccc(C(F)(F)F)c2)CC1. The maximum absolute atomic E-state index is 13.0. The normalized spacial score (nSPS) is 18.2. The summed E-state index contributed by atoms with van der Waals surface area (Å²) in [7, 11) is -3.75. The van der Waals surface area contributed by atoms with Crippen LogP contribution in [0.15, 0.2) is 47.4 Å². The van der Waals surface area contributed by atoms with Crippen molar-refractivity contribution in [1.82, 2.24) is 4.31 Å². The van der Waals surface area contributed by atoms with E-state index in [1.807, 2.05) is 0 Å². The zero-order valence-corrected chi connectivity index (χ0v) is 16.9. The molecule has 0 spiro atoms. The Hall–Kier alpha value is -2.46. The molecule has 6 nitrogen and oxygen atoms in total. The van der Waals surface area contributed by atoms with E-state index in [0.717, 1.165) is 12.1 Å². The van der Waals surface area contributed by atoms with Crippen molar-refractivity contribution in [3.8, 4) is 11.5 Å². The summed E-state index contributed by atoms with van der Waals surface area (Å²) < 4.78 is 77.4. The second-order valence-electron chi connectivity index (χ2n) is 7.10. The maximum atomic E-state index is 13.0.